The highest BCUT2D eigenvalue weighted by molar-refractivity contribution is 14.1. The van der Waals surface area contributed by atoms with E-state index < -0.39 is 0 Å². The van der Waals surface area contributed by atoms with Crippen molar-refractivity contribution in [1.29, 1.82) is 0 Å². The van der Waals surface area contributed by atoms with Gasteiger partial charge in [-0.25, -0.2) is 9.97 Å². The fourth-order valence-corrected chi connectivity index (χ4v) is 2.79. The number of nitrogen functional groups attached to an aromatic ring is 1. The van der Waals surface area contributed by atoms with Crippen LogP contribution in [0.5, 0.6) is 0 Å². The van der Waals surface area contributed by atoms with Crippen molar-refractivity contribution >= 4 is 28.4 Å². The molecule has 0 fully saturated rings. The average Bonchev–Trinajstić information content (AvgIpc) is 2.42. The number of ether oxygens (including phenoxy) is 1. The van der Waals surface area contributed by atoms with E-state index in [4.69, 9.17) is 15.5 Å². The van der Waals surface area contributed by atoms with Crippen molar-refractivity contribution in [2.24, 2.45) is 5.41 Å². The minimum Gasteiger partial charge on any atom is -0.383 e. The second kappa shape index (κ2) is 6.27. The molecule has 0 saturated heterocycles. The molecule has 2 aromatic rings. The van der Waals surface area contributed by atoms with Crippen LogP contribution in [0.3, 0.4) is 0 Å². The maximum atomic E-state index is 6.08. The number of methoxy groups -OCH3 is 1. The van der Waals surface area contributed by atoms with Crippen molar-refractivity contribution in [3.05, 3.63) is 39.7 Å². The highest BCUT2D eigenvalue weighted by Crippen LogP contribution is 2.36. The third-order valence-electron chi connectivity index (χ3n) is 3.20. The van der Waals surface area contributed by atoms with Gasteiger partial charge in [-0.05, 0) is 28.0 Å². The van der Waals surface area contributed by atoms with E-state index >= 15 is 0 Å². The van der Waals surface area contributed by atoms with Crippen LogP contribution in [0.25, 0.3) is 11.3 Å². The Morgan fingerprint density at radius 2 is 1.76 bits per heavy atom. The van der Waals surface area contributed by atoms with Crippen molar-refractivity contribution in [1.82, 2.24) is 9.97 Å². The molecule has 0 saturated carbocycles. The summed E-state index contributed by atoms with van der Waals surface area (Å²) in [5, 5.41) is 0. The van der Waals surface area contributed by atoms with Crippen LogP contribution >= 0.6 is 22.6 Å². The fraction of sp³-hybridized carbons (Fsp3) is 0.375. The molecule has 5 heteroatoms. The summed E-state index contributed by atoms with van der Waals surface area (Å²) < 4.78 is 6.47. The smallest absolute Gasteiger partial charge is 0.160 e. The lowest BCUT2D eigenvalue weighted by molar-refractivity contribution is 0.00883. The van der Waals surface area contributed by atoms with Crippen LogP contribution in [-0.2, 0) is 4.74 Å². The maximum Gasteiger partial charge on any atom is 0.160 e. The molecule has 4 nitrogen and oxygen atoms in total. The lowest BCUT2D eigenvalue weighted by Gasteiger charge is -2.28. The number of nitrogens with zero attached hydrogens (tertiary/aromatic N) is 2. The molecule has 0 aliphatic rings. The van der Waals surface area contributed by atoms with Crippen LogP contribution < -0.4 is 5.73 Å². The molecule has 1 aromatic heterocycles. The predicted octanol–water partition coefficient (Wildman–Crippen LogP) is 4.06. The van der Waals surface area contributed by atoms with Gasteiger partial charge < -0.3 is 10.5 Å². The molecule has 2 N–H and O–H groups in total. The number of aromatic nitrogens is 2. The third kappa shape index (κ3) is 3.52. The summed E-state index contributed by atoms with van der Waals surface area (Å²) in [4.78, 5) is 9.15. The Morgan fingerprint density at radius 1 is 1.14 bits per heavy atom. The van der Waals surface area contributed by atoms with Crippen LogP contribution in [0.1, 0.15) is 32.7 Å². The number of hydrogen-bond acceptors (Lipinski definition) is 4. The Bertz CT molecular complexity index is 623. The van der Waals surface area contributed by atoms with E-state index in [-0.39, 0.29) is 11.5 Å². The molecule has 0 amide bonds. The van der Waals surface area contributed by atoms with Crippen molar-refractivity contribution < 1.29 is 4.74 Å². The molecule has 1 unspecified atom stereocenters. The monoisotopic (exact) mass is 397 g/mol. The molecule has 0 aliphatic carbocycles. The van der Waals surface area contributed by atoms with Gasteiger partial charge >= 0.3 is 0 Å². The van der Waals surface area contributed by atoms with Gasteiger partial charge in [-0.3, -0.25) is 0 Å². The number of halogens is 1. The van der Waals surface area contributed by atoms with Gasteiger partial charge in [0.2, 0.25) is 0 Å². The largest absolute Gasteiger partial charge is 0.383 e. The van der Waals surface area contributed by atoms with Crippen molar-refractivity contribution in [3.63, 3.8) is 0 Å². The van der Waals surface area contributed by atoms with Gasteiger partial charge in [-0.2, -0.15) is 0 Å². The van der Waals surface area contributed by atoms with Crippen LogP contribution in [0.15, 0.2) is 30.3 Å². The number of rotatable bonds is 3. The Labute approximate surface area is 139 Å². The topological polar surface area (TPSA) is 61.0 Å². The van der Waals surface area contributed by atoms with Crippen molar-refractivity contribution in [3.8, 4) is 11.3 Å². The van der Waals surface area contributed by atoms with E-state index in [9.17, 15) is 0 Å². The van der Waals surface area contributed by atoms with Gasteiger partial charge in [0.25, 0.3) is 0 Å². The molecular weight excluding hydrogens is 377 g/mol. The molecule has 0 radical (unpaired) electrons. The van der Waals surface area contributed by atoms with E-state index in [1.807, 2.05) is 30.3 Å². The van der Waals surface area contributed by atoms with E-state index in [1.54, 1.807) is 7.11 Å². The zero-order valence-corrected chi connectivity index (χ0v) is 14.9. The second-order valence-electron chi connectivity index (χ2n) is 5.98. The molecule has 0 bridgehead atoms. The summed E-state index contributed by atoms with van der Waals surface area (Å²) in [7, 11) is 1.68. The zero-order chi connectivity index (χ0) is 15.6. The first kappa shape index (κ1) is 16.2. The second-order valence-corrected chi connectivity index (χ2v) is 7.06. The molecule has 0 spiro atoms. The quantitative estimate of drug-likeness (QED) is 0.794. The lowest BCUT2D eigenvalue weighted by atomic mass is 9.88. The average molecular weight is 397 g/mol. The van der Waals surface area contributed by atoms with Crippen molar-refractivity contribution in [2.45, 2.75) is 26.9 Å². The van der Waals surface area contributed by atoms with Gasteiger partial charge in [0.05, 0.1) is 9.26 Å². The fourth-order valence-electron chi connectivity index (χ4n) is 2.23. The summed E-state index contributed by atoms with van der Waals surface area (Å²) in [6, 6.07) is 10.00. The summed E-state index contributed by atoms with van der Waals surface area (Å²) in [5.74, 6) is 1.12. The molecule has 1 heterocycles. The highest BCUT2D eigenvalue weighted by atomic mass is 127. The van der Waals surface area contributed by atoms with Crippen LogP contribution in [-0.4, -0.2) is 17.1 Å². The first-order valence-corrected chi connectivity index (χ1v) is 7.83. The molecule has 1 atom stereocenters. The number of nitrogens with two attached hydrogens (primary N) is 1. The summed E-state index contributed by atoms with van der Waals surface area (Å²) in [6.07, 6.45) is -0.209. The Morgan fingerprint density at radius 3 is 2.29 bits per heavy atom. The van der Waals surface area contributed by atoms with Gasteiger partial charge in [-0.1, -0.05) is 51.1 Å². The maximum absolute atomic E-state index is 6.08. The number of anilines is 1. The van der Waals surface area contributed by atoms with Crippen molar-refractivity contribution in [2.75, 3.05) is 12.8 Å². The van der Waals surface area contributed by atoms with Gasteiger partial charge in [0.1, 0.15) is 11.9 Å². The predicted molar refractivity (Wildman–Crippen MR) is 93.8 cm³/mol. The third-order valence-corrected chi connectivity index (χ3v) is 4.26. The molecule has 112 valence electrons. The van der Waals surface area contributed by atoms with Gasteiger partial charge in [0, 0.05) is 12.7 Å². The van der Waals surface area contributed by atoms with Crippen LogP contribution in [0.4, 0.5) is 5.82 Å². The minimum absolute atomic E-state index is 0.109. The number of hydrogen-bond donors (Lipinski definition) is 1. The first-order valence-electron chi connectivity index (χ1n) is 6.75. The standard InChI is InChI=1S/C16H20IN3O/c1-16(2,3)13(21-4)15-19-12(11(17)14(18)20-15)10-8-6-5-7-9-10/h5-9,13H,1-4H3,(H2,18,19,20). The first-order chi connectivity index (χ1) is 9.84. The molecule has 0 aliphatic heterocycles. The molecule has 2 rings (SSSR count). The molecule has 1 aromatic carbocycles. The van der Waals surface area contributed by atoms with Gasteiger partial charge in [-0.15, -0.1) is 0 Å². The molecular formula is C16H20IN3O. The molecule has 21 heavy (non-hydrogen) atoms. The van der Waals surface area contributed by atoms with E-state index in [2.05, 4.69) is 48.3 Å². The Hall–Kier alpha value is -1.21. The zero-order valence-electron chi connectivity index (χ0n) is 12.7. The van der Waals surface area contributed by atoms with Gasteiger partial charge in [0.15, 0.2) is 5.82 Å². The Kier molecular flexibility index (Phi) is 4.83. The van der Waals surface area contributed by atoms with E-state index in [0.717, 1.165) is 14.8 Å². The number of benzene rings is 1. The van der Waals surface area contributed by atoms with Crippen LogP contribution in [0.2, 0.25) is 0 Å². The summed E-state index contributed by atoms with van der Waals surface area (Å²) in [6.45, 7) is 6.29. The SMILES string of the molecule is COC(c1nc(N)c(I)c(-c2ccccc2)n1)C(C)(C)C. The lowest BCUT2D eigenvalue weighted by Crippen LogP contribution is -2.23. The minimum atomic E-state index is -0.209. The normalized spacial score (nSPS) is 13.2. The summed E-state index contributed by atoms with van der Waals surface area (Å²) in [5.41, 5.74) is 7.85. The Balaban J connectivity index is 2.59. The van der Waals surface area contributed by atoms with E-state index in [1.165, 1.54) is 0 Å². The van der Waals surface area contributed by atoms with E-state index in [0.29, 0.717) is 11.6 Å². The summed E-state index contributed by atoms with van der Waals surface area (Å²) >= 11 is 2.19. The highest BCUT2D eigenvalue weighted by Gasteiger charge is 2.30. The van der Waals surface area contributed by atoms with Crippen LogP contribution in [0, 0.1) is 8.99 Å².